The number of nitrogens with zero attached hydrogens (tertiary/aromatic N) is 3. The van der Waals surface area contributed by atoms with Gasteiger partial charge < -0.3 is 9.90 Å². The molecule has 11 heteroatoms. The molecule has 0 spiro atoms. The number of imidazole rings is 1. The number of aromatic nitrogens is 2. The first kappa shape index (κ1) is 16.8. The first-order valence-corrected chi connectivity index (χ1v) is 5.59. The van der Waals surface area contributed by atoms with Crippen LogP contribution in [0.5, 0.6) is 0 Å². The molecule has 1 unspecified atom stereocenters. The number of carbonyl (C=O) groups excluding carboxylic acids is 2. The summed E-state index contributed by atoms with van der Waals surface area (Å²) >= 11 is 0. The number of nitrogens with one attached hydrogen (secondary N) is 1. The maximum atomic E-state index is 11.8. The van der Waals surface area contributed by atoms with E-state index in [2.05, 4.69) is 5.32 Å². The lowest BCUT2D eigenvalue weighted by Crippen LogP contribution is -2.54. The molecule has 0 fully saturated rings. The highest BCUT2D eigenvalue weighted by atomic mass is 19.4. The highest BCUT2D eigenvalue weighted by Gasteiger charge is 2.36. The largest absolute Gasteiger partial charge is 0.542 e. The summed E-state index contributed by atoms with van der Waals surface area (Å²) in [6.07, 6.45) is -3.81. The van der Waals surface area contributed by atoms with E-state index in [1.807, 2.05) is 25.0 Å². The predicted octanol–water partition coefficient (Wildman–Crippen LogP) is -2.11. The fourth-order valence-corrected chi connectivity index (χ4v) is 1.66. The molecule has 0 saturated carbocycles. The van der Waals surface area contributed by atoms with E-state index in [1.54, 1.807) is 11.6 Å². The van der Waals surface area contributed by atoms with Crippen LogP contribution in [0, 0.1) is 0 Å². The third kappa shape index (κ3) is 3.42. The Kier molecular flexibility index (Phi) is 4.46. The number of hydrogen-bond donors (Lipinski definition) is 2. The lowest BCUT2D eigenvalue weighted by Gasteiger charge is -2.26. The Morgan fingerprint density at radius 3 is 2.38 bits per heavy atom. The second-order valence-corrected chi connectivity index (χ2v) is 4.32. The van der Waals surface area contributed by atoms with Crippen LogP contribution in [0.4, 0.5) is 19.0 Å². The number of carbonyl (C=O) groups is 2. The number of aryl methyl sites for hydroxylation is 2. The average Bonchev–Trinajstić information content (AvgIpc) is 2.61. The van der Waals surface area contributed by atoms with Gasteiger partial charge in [0, 0.05) is 7.05 Å². The van der Waals surface area contributed by atoms with Crippen LogP contribution in [0.1, 0.15) is 10.5 Å². The zero-order valence-corrected chi connectivity index (χ0v) is 11.4. The Morgan fingerprint density at radius 1 is 1.48 bits per heavy atom. The van der Waals surface area contributed by atoms with Crippen LogP contribution in [0.25, 0.3) is 0 Å². The highest BCUT2D eigenvalue weighted by molar-refractivity contribution is 5.98. The molecule has 21 heavy (non-hydrogen) atoms. The third-order valence-electron chi connectivity index (χ3n) is 2.73. The molecular weight excluding hydrogens is 295 g/mol. The lowest BCUT2D eigenvalue weighted by molar-refractivity contribution is -0.657. The van der Waals surface area contributed by atoms with E-state index in [4.69, 9.17) is 15.6 Å². The Hall–Kier alpha value is -2.30. The smallest absolute Gasteiger partial charge is 0.430 e. The maximum Gasteiger partial charge on any atom is 0.430 e. The van der Waals surface area contributed by atoms with E-state index in [-0.39, 0.29) is 5.91 Å². The number of halogens is 3. The first-order valence-electron chi connectivity index (χ1n) is 5.59. The van der Waals surface area contributed by atoms with Gasteiger partial charge in [0.15, 0.2) is 6.33 Å². The fourth-order valence-electron chi connectivity index (χ4n) is 1.66. The molecule has 0 aromatic carbocycles. The highest BCUT2D eigenvalue weighted by Crippen LogP contribution is 2.18. The predicted molar refractivity (Wildman–Crippen MR) is 61.3 cm³/mol. The second-order valence-electron chi connectivity index (χ2n) is 4.32. The van der Waals surface area contributed by atoms with Gasteiger partial charge in [-0.3, -0.25) is 25.3 Å². The summed E-state index contributed by atoms with van der Waals surface area (Å²) in [6.45, 7) is 0. The van der Waals surface area contributed by atoms with Crippen molar-refractivity contribution in [1.82, 2.24) is 9.47 Å². The van der Waals surface area contributed by atoms with Gasteiger partial charge in [0.05, 0.1) is 14.1 Å². The third-order valence-corrected chi connectivity index (χ3v) is 2.73. The van der Waals surface area contributed by atoms with Crippen LogP contribution in [-0.2, 0) is 18.9 Å². The number of carboxylic acid groups (broad SMARTS) is 1. The van der Waals surface area contributed by atoms with Crippen molar-refractivity contribution in [3.63, 3.8) is 0 Å². The lowest BCUT2D eigenvalue weighted by atomic mass is 10.3. The number of anilines is 1. The van der Waals surface area contributed by atoms with E-state index in [0.717, 1.165) is 5.82 Å². The van der Waals surface area contributed by atoms with Crippen molar-refractivity contribution in [3.8, 4) is 0 Å². The number of carboxylic acids is 1. The molecule has 0 bridgehead atoms. The van der Waals surface area contributed by atoms with Gasteiger partial charge in [0.2, 0.25) is 12.0 Å². The average molecular weight is 309 g/mol. The van der Waals surface area contributed by atoms with Gasteiger partial charge in [0.25, 0.3) is 11.7 Å². The molecular formula is C10H14F3N5O3. The van der Waals surface area contributed by atoms with Crippen LogP contribution in [0.2, 0.25) is 0 Å². The van der Waals surface area contributed by atoms with Gasteiger partial charge >= 0.3 is 6.18 Å². The monoisotopic (exact) mass is 309 g/mol. The van der Waals surface area contributed by atoms with Crippen molar-refractivity contribution >= 4 is 17.7 Å². The molecule has 1 aromatic rings. The molecule has 1 aliphatic heterocycles. The molecule has 1 atom stereocenters. The Morgan fingerprint density at radius 2 is 1.95 bits per heavy atom. The minimum Gasteiger partial charge on any atom is -0.542 e. The summed E-state index contributed by atoms with van der Waals surface area (Å²) in [7, 11) is 5.39. The van der Waals surface area contributed by atoms with Crippen molar-refractivity contribution in [2.45, 2.75) is 12.5 Å². The van der Waals surface area contributed by atoms with Gasteiger partial charge in [-0.2, -0.15) is 13.2 Å². The molecule has 0 saturated heterocycles. The van der Waals surface area contributed by atoms with Crippen molar-refractivity contribution in [1.29, 1.82) is 0 Å². The number of nitrogens with two attached hydrogens (primary N) is 1. The maximum absolute atomic E-state index is 11.8. The van der Waals surface area contributed by atoms with Crippen LogP contribution >= 0.6 is 0 Å². The standard InChI is InChI=1S/C8H13N5O.C2HF3O2/c1-11-4-12(2)6-5(11)7(14)13(3)8(9)10-6;3-2(4,5)1(6)7/h4,8H,9H2,1-3H3;(H,6,7). The van der Waals surface area contributed by atoms with E-state index < -0.39 is 18.4 Å². The Labute approximate surface area is 117 Å². The minimum atomic E-state index is -5.19. The zero-order chi connectivity index (χ0) is 16.5. The molecule has 0 aliphatic carbocycles. The number of aliphatic carboxylic acids is 1. The summed E-state index contributed by atoms with van der Waals surface area (Å²) in [5, 5.41) is 11.8. The van der Waals surface area contributed by atoms with E-state index in [1.165, 1.54) is 4.90 Å². The summed E-state index contributed by atoms with van der Waals surface area (Å²) in [5.74, 6) is -2.30. The zero-order valence-electron chi connectivity index (χ0n) is 11.4. The van der Waals surface area contributed by atoms with Gasteiger partial charge in [-0.05, 0) is 0 Å². The van der Waals surface area contributed by atoms with Crippen molar-refractivity contribution in [2.24, 2.45) is 19.8 Å². The molecule has 8 nitrogen and oxygen atoms in total. The number of hydrogen-bond acceptors (Lipinski definition) is 5. The summed E-state index contributed by atoms with van der Waals surface area (Å²) in [5.41, 5.74) is 6.37. The van der Waals surface area contributed by atoms with E-state index in [9.17, 15) is 18.0 Å². The number of fused-ring (bicyclic) bond motifs is 1. The molecule has 2 rings (SSSR count). The van der Waals surface area contributed by atoms with Crippen LogP contribution < -0.4 is 20.7 Å². The number of rotatable bonds is 0. The van der Waals surface area contributed by atoms with Gasteiger partial charge in [-0.25, -0.2) is 4.57 Å². The van der Waals surface area contributed by atoms with Crippen molar-refractivity contribution in [2.75, 3.05) is 12.4 Å². The van der Waals surface area contributed by atoms with Crippen LogP contribution in [-0.4, -0.2) is 40.9 Å². The molecule has 1 aliphatic rings. The molecule has 2 heterocycles. The van der Waals surface area contributed by atoms with Gasteiger partial charge in [0.1, 0.15) is 5.97 Å². The van der Waals surface area contributed by atoms with Crippen molar-refractivity contribution in [3.05, 3.63) is 12.0 Å². The van der Waals surface area contributed by atoms with Crippen molar-refractivity contribution < 1.29 is 32.4 Å². The normalized spacial score (nSPS) is 17.6. The first-order chi connectivity index (χ1) is 9.46. The molecule has 118 valence electrons. The summed E-state index contributed by atoms with van der Waals surface area (Å²) in [4.78, 5) is 22.1. The molecule has 3 N–H and O–H groups in total. The number of amides is 1. The van der Waals surface area contributed by atoms with E-state index in [0.29, 0.717) is 5.69 Å². The summed E-state index contributed by atoms with van der Waals surface area (Å²) < 4.78 is 35.2. The minimum absolute atomic E-state index is 0.0608. The Bertz CT molecular complexity index is 569. The molecule has 1 amide bonds. The van der Waals surface area contributed by atoms with Gasteiger partial charge in [-0.1, -0.05) is 0 Å². The quantitative estimate of drug-likeness (QED) is 0.533. The SMILES string of the molecule is CN1C(=O)c2c([n+](C)cn2C)NC1N.O=C([O-])C(F)(F)F. The number of alkyl halides is 3. The second kappa shape index (κ2) is 5.60. The van der Waals surface area contributed by atoms with E-state index >= 15 is 0 Å². The molecule has 1 aromatic heterocycles. The Balaban J connectivity index is 0.000000270. The van der Waals surface area contributed by atoms with Gasteiger partial charge in [-0.15, -0.1) is 0 Å². The van der Waals surface area contributed by atoms with Crippen LogP contribution in [0.3, 0.4) is 0 Å². The summed E-state index contributed by atoms with van der Waals surface area (Å²) in [6, 6.07) is 0. The molecule has 0 radical (unpaired) electrons. The topological polar surface area (TPSA) is 107 Å². The van der Waals surface area contributed by atoms with Crippen LogP contribution in [0.15, 0.2) is 6.33 Å². The fraction of sp³-hybridized carbons (Fsp3) is 0.500.